The van der Waals surface area contributed by atoms with Crippen molar-refractivity contribution >= 4 is 27.3 Å². The van der Waals surface area contributed by atoms with Crippen LogP contribution in [0.5, 0.6) is 11.5 Å². The molecule has 0 spiro atoms. The monoisotopic (exact) mass is 266 g/mol. The number of rotatable bonds is 1. The Morgan fingerprint density at radius 3 is 2.70 bits per heavy atom. The minimum atomic E-state index is -0.200. The topological polar surface area (TPSA) is 63.8 Å². The van der Waals surface area contributed by atoms with Crippen molar-refractivity contribution in [3.8, 4) is 11.5 Å². The van der Waals surface area contributed by atoms with E-state index >= 15 is 0 Å². The third kappa shape index (κ3) is 1.17. The molecule has 3 heterocycles. The Balaban J connectivity index is 2.45. The number of pyridine rings is 2. The van der Waals surface area contributed by atoms with Crippen molar-refractivity contribution in [2.45, 2.75) is 0 Å². The van der Waals surface area contributed by atoms with Crippen molar-refractivity contribution in [2.24, 2.45) is 0 Å². The van der Waals surface area contributed by atoms with Crippen LogP contribution in [0.25, 0.3) is 27.3 Å². The first-order valence-electron chi connectivity index (χ1n) is 6.14. The van der Waals surface area contributed by atoms with Gasteiger partial charge in [-0.3, -0.25) is 14.2 Å². The van der Waals surface area contributed by atoms with Crippen LogP contribution >= 0.6 is 0 Å². The molecule has 20 heavy (non-hydrogen) atoms. The molecule has 1 N–H and O–H groups in total. The lowest BCUT2D eigenvalue weighted by Crippen LogP contribution is -2.10. The molecule has 0 amide bonds. The van der Waals surface area contributed by atoms with Crippen molar-refractivity contribution in [3.63, 3.8) is 0 Å². The Morgan fingerprint density at radius 1 is 1.10 bits per heavy atom. The lowest BCUT2D eigenvalue weighted by Gasteiger charge is -2.04. The van der Waals surface area contributed by atoms with Crippen LogP contribution in [-0.2, 0) is 0 Å². The fourth-order valence-electron chi connectivity index (χ4n) is 2.77. The molecule has 0 bridgehead atoms. The van der Waals surface area contributed by atoms with E-state index in [-0.39, 0.29) is 11.3 Å². The molecule has 5 nitrogen and oxygen atoms in total. The van der Waals surface area contributed by atoms with E-state index in [0.717, 1.165) is 21.8 Å². The molecule has 0 atom stereocenters. The number of fused-ring (bicyclic) bond motifs is 3. The molecule has 1 aromatic carbocycles. The fourth-order valence-corrected chi connectivity index (χ4v) is 2.77. The second kappa shape index (κ2) is 3.60. The largest absolute Gasteiger partial charge is 0.503 e. The number of phenols is 1. The number of benzene rings is 1. The zero-order chi connectivity index (χ0) is 13.9. The van der Waals surface area contributed by atoms with E-state index in [0.29, 0.717) is 11.3 Å². The van der Waals surface area contributed by atoms with Gasteiger partial charge < -0.3 is 9.84 Å². The number of ether oxygens (including phenoxy) is 1. The molecule has 0 saturated carbocycles. The van der Waals surface area contributed by atoms with Crippen LogP contribution in [0.4, 0.5) is 0 Å². The van der Waals surface area contributed by atoms with Crippen LogP contribution < -0.4 is 10.3 Å². The molecule has 4 rings (SSSR count). The molecule has 0 aliphatic carbocycles. The molecule has 3 aromatic heterocycles. The van der Waals surface area contributed by atoms with E-state index in [1.165, 1.54) is 17.6 Å². The van der Waals surface area contributed by atoms with Gasteiger partial charge in [0.1, 0.15) is 5.52 Å². The Bertz CT molecular complexity index is 1020. The molecular formula is C15H10N2O3. The summed E-state index contributed by atoms with van der Waals surface area (Å²) in [5.41, 5.74) is 1.70. The molecule has 4 aromatic rings. The number of hydrogen-bond donors (Lipinski definition) is 1. The predicted octanol–water partition coefficient (Wildman–Crippen LogP) is 2.15. The van der Waals surface area contributed by atoms with Gasteiger partial charge in [-0.15, -0.1) is 0 Å². The Morgan fingerprint density at radius 2 is 1.90 bits per heavy atom. The quantitative estimate of drug-likeness (QED) is 0.573. The van der Waals surface area contributed by atoms with Gasteiger partial charge in [0.05, 0.1) is 18.1 Å². The SMILES string of the molecule is COc1ccc2c3ccnc4ccc(=O)n(c2c1O)c43. The van der Waals surface area contributed by atoms with Crippen molar-refractivity contribution in [3.05, 3.63) is 46.9 Å². The molecule has 0 unspecified atom stereocenters. The third-order valence-corrected chi connectivity index (χ3v) is 3.63. The van der Waals surface area contributed by atoms with E-state index < -0.39 is 0 Å². The first-order valence-corrected chi connectivity index (χ1v) is 6.14. The summed E-state index contributed by atoms with van der Waals surface area (Å²) in [6.45, 7) is 0. The summed E-state index contributed by atoms with van der Waals surface area (Å²) in [6, 6.07) is 8.52. The summed E-state index contributed by atoms with van der Waals surface area (Å²) in [6.07, 6.45) is 1.70. The summed E-state index contributed by atoms with van der Waals surface area (Å²) in [5, 5.41) is 12.0. The Labute approximate surface area is 113 Å². The van der Waals surface area contributed by atoms with Crippen molar-refractivity contribution in [1.82, 2.24) is 9.38 Å². The summed E-state index contributed by atoms with van der Waals surface area (Å²) in [7, 11) is 1.48. The Kier molecular flexibility index (Phi) is 1.99. The van der Waals surface area contributed by atoms with Gasteiger partial charge in [0.15, 0.2) is 11.5 Å². The van der Waals surface area contributed by atoms with Gasteiger partial charge >= 0.3 is 0 Å². The minimum absolute atomic E-state index is 0.0317. The van der Waals surface area contributed by atoms with Crippen LogP contribution in [0.2, 0.25) is 0 Å². The number of phenolic OH excluding ortho intramolecular Hbond substituents is 1. The highest BCUT2D eigenvalue weighted by Crippen LogP contribution is 2.39. The molecule has 0 aliphatic rings. The van der Waals surface area contributed by atoms with E-state index in [1.807, 2.05) is 12.1 Å². The normalized spacial score (nSPS) is 11.7. The van der Waals surface area contributed by atoms with Gasteiger partial charge in [0.25, 0.3) is 5.56 Å². The molecule has 0 saturated heterocycles. The number of nitrogens with zero attached hydrogens (tertiary/aromatic N) is 2. The van der Waals surface area contributed by atoms with E-state index in [9.17, 15) is 9.90 Å². The zero-order valence-corrected chi connectivity index (χ0v) is 10.6. The third-order valence-electron chi connectivity index (χ3n) is 3.63. The number of methoxy groups -OCH3 is 1. The molecule has 0 radical (unpaired) electrons. The molecule has 5 heteroatoms. The van der Waals surface area contributed by atoms with Gasteiger partial charge in [-0.2, -0.15) is 0 Å². The lowest BCUT2D eigenvalue weighted by molar-refractivity contribution is 0.376. The first-order chi connectivity index (χ1) is 9.72. The highest BCUT2D eigenvalue weighted by atomic mass is 16.5. The smallest absolute Gasteiger partial charge is 0.255 e. The van der Waals surface area contributed by atoms with Gasteiger partial charge in [0, 0.05) is 23.0 Å². The standard InChI is InChI=1S/C15H10N2O3/c1-20-11-4-2-8-9-6-7-16-10-3-5-12(18)17(13(9)10)14(8)15(11)19/h2-7,19H,1H3. The highest BCUT2D eigenvalue weighted by Gasteiger charge is 2.18. The van der Waals surface area contributed by atoms with E-state index in [4.69, 9.17) is 4.74 Å². The number of hydrogen-bond acceptors (Lipinski definition) is 4. The fraction of sp³-hybridized carbons (Fsp3) is 0.0667. The maximum atomic E-state index is 12.2. The summed E-state index contributed by atoms with van der Waals surface area (Å²) >= 11 is 0. The van der Waals surface area contributed by atoms with Gasteiger partial charge in [-0.25, -0.2) is 0 Å². The van der Waals surface area contributed by atoms with Crippen LogP contribution in [0.15, 0.2) is 41.3 Å². The average molecular weight is 266 g/mol. The highest BCUT2D eigenvalue weighted by molar-refractivity contribution is 6.14. The lowest BCUT2D eigenvalue weighted by atomic mass is 10.1. The second-order valence-corrected chi connectivity index (χ2v) is 4.61. The second-order valence-electron chi connectivity index (χ2n) is 4.61. The van der Waals surface area contributed by atoms with Crippen LogP contribution in [-0.4, -0.2) is 21.6 Å². The van der Waals surface area contributed by atoms with Gasteiger partial charge in [-0.05, 0) is 24.3 Å². The van der Waals surface area contributed by atoms with Crippen molar-refractivity contribution in [2.75, 3.05) is 7.11 Å². The van der Waals surface area contributed by atoms with Gasteiger partial charge in [0.2, 0.25) is 0 Å². The van der Waals surface area contributed by atoms with E-state index in [1.54, 1.807) is 18.3 Å². The zero-order valence-electron chi connectivity index (χ0n) is 10.6. The maximum absolute atomic E-state index is 12.2. The summed E-state index contributed by atoms with van der Waals surface area (Å²) < 4.78 is 6.61. The predicted molar refractivity (Wildman–Crippen MR) is 75.9 cm³/mol. The van der Waals surface area contributed by atoms with Crippen molar-refractivity contribution in [1.29, 1.82) is 0 Å². The molecule has 0 fully saturated rings. The van der Waals surface area contributed by atoms with Gasteiger partial charge in [-0.1, -0.05) is 0 Å². The average Bonchev–Trinajstić information content (AvgIpc) is 2.81. The summed E-state index contributed by atoms with van der Waals surface area (Å²) in [4.78, 5) is 16.5. The summed E-state index contributed by atoms with van der Waals surface area (Å²) in [5.74, 6) is 0.309. The molecule has 0 aliphatic heterocycles. The van der Waals surface area contributed by atoms with E-state index in [2.05, 4.69) is 4.98 Å². The first kappa shape index (κ1) is 11.0. The Hall–Kier alpha value is -2.82. The van der Waals surface area contributed by atoms with Crippen LogP contribution in [0.1, 0.15) is 0 Å². The molecule has 98 valence electrons. The number of aromatic hydroxyl groups is 1. The number of aromatic nitrogens is 2. The van der Waals surface area contributed by atoms with Crippen LogP contribution in [0, 0.1) is 0 Å². The van der Waals surface area contributed by atoms with Crippen molar-refractivity contribution < 1.29 is 9.84 Å². The minimum Gasteiger partial charge on any atom is -0.503 e. The maximum Gasteiger partial charge on any atom is 0.255 e. The molecular weight excluding hydrogens is 256 g/mol. The van der Waals surface area contributed by atoms with Crippen LogP contribution in [0.3, 0.4) is 0 Å².